The second-order valence-electron chi connectivity index (χ2n) is 3.55. The van der Waals surface area contributed by atoms with Gasteiger partial charge in [0.25, 0.3) is 0 Å². The lowest BCUT2D eigenvalue weighted by Gasteiger charge is -2.26. The molecule has 1 atom stereocenters. The van der Waals surface area contributed by atoms with Gasteiger partial charge in [0.05, 0.1) is 13.0 Å². The van der Waals surface area contributed by atoms with E-state index in [4.69, 9.17) is 19.7 Å². The molecule has 0 saturated carbocycles. The average molecular weight is 224 g/mol. The first-order valence-corrected chi connectivity index (χ1v) is 4.94. The summed E-state index contributed by atoms with van der Waals surface area (Å²) >= 11 is 0. The third kappa shape index (κ3) is 2.09. The Hall–Kier alpha value is -1.75. The number of benzene rings is 1. The van der Waals surface area contributed by atoms with Crippen molar-refractivity contribution in [3.8, 4) is 11.5 Å². The number of rotatable bonds is 3. The van der Waals surface area contributed by atoms with E-state index in [-0.39, 0.29) is 19.6 Å². The molecule has 5 heteroatoms. The van der Waals surface area contributed by atoms with Crippen LogP contribution in [0.4, 0.5) is 0 Å². The maximum Gasteiger partial charge on any atom is 0.307 e. The van der Waals surface area contributed by atoms with E-state index < -0.39 is 12.1 Å². The number of para-hydroxylation sites is 1. The highest BCUT2D eigenvalue weighted by atomic mass is 16.6. The smallest absolute Gasteiger partial charge is 0.307 e. The van der Waals surface area contributed by atoms with Gasteiger partial charge in [-0.3, -0.25) is 4.79 Å². The molecule has 0 amide bonds. The van der Waals surface area contributed by atoms with Gasteiger partial charge >= 0.3 is 5.97 Å². The van der Waals surface area contributed by atoms with Crippen molar-refractivity contribution in [3.05, 3.63) is 23.8 Å². The largest absolute Gasteiger partial charge is 0.486 e. The number of hydrogen-bond acceptors (Lipinski definition) is 4. The molecule has 1 unspecified atom stereocenters. The normalized spacial score (nSPS) is 18.2. The number of carboxylic acid groups (broad SMARTS) is 1. The van der Waals surface area contributed by atoms with Crippen molar-refractivity contribution in [1.29, 1.82) is 0 Å². The van der Waals surface area contributed by atoms with Gasteiger partial charge < -0.3 is 19.7 Å². The van der Waals surface area contributed by atoms with Crippen LogP contribution in [0, 0.1) is 0 Å². The van der Waals surface area contributed by atoms with Gasteiger partial charge in [-0.25, -0.2) is 0 Å². The summed E-state index contributed by atoms with van der Waals surface area (Å²) in [5.41, 5.74) is 0.558. The molecule has 0 bridgehead atoms. The summed E-state index contributed by atoms with van der Waals surface area (Å²) in [5.74, 6) is 0.0294. The van der Waals surface area contributed by atoms with Crippen molar-refractivity contribution in [2.45, 2.75) is 12.5 Å². The lowest BCUT2D eigenvalue weighted by molar-refractivity contribution is -0.136. The number of aliphatic carboxylic acids is 1. The number of carbonyl (C=O) groups is 1. The van der Waals surface area contributed by atoms with Gasteiger partial charge in [-0.15, -0.1) is 0 Å². The predicted molar refractivity (Wildman–Crippen MR) is 54.8 cm³/mol. The van der Waals surface area contributed by atoms with Gasteiger partial charge in [-0.1, -0.05) is 12.1 Å². The van der Waals surface area contributed by atoms with Crippen molar-refractivity contribution in [2.75, 3.05) is 13.2 Å². The highest BCUT2D eigenvalue weighted by Crippen LogP contribution is 2.35. The first-order valence-electron chi connectivity index (χ1n) is 4.94. The molecule has 0 fully saturated rings. The molecule has 0 aromatic heterocycles. The third-order valence-electron chi connectivity index (χ3n) is 2.32. The zero-order valence-corrected chi connectivity index (χ0v) is 8.55. The van der Waals surface area contributed by atoms with Crippen LogP contribution >= 0.6 is 0 Å². The zero-order chi connectivity index (χ0) is 11.5. The zero-order valence-electron chi connectivity index (χ0n) is 8.55. The van der Waals surface area contributed by atoms with Gasteiger partial charge in [-0.2, -0.15) is 0 Å². The molecule has 1 aliphatic rings. The Morgan fingerprint density at radius 1 is 1.50 bits per heavy atom. The van der Waals surface area contributed by atoms with Gasteiger partial charge in [0.15, 0.2) is 17.6 Å². The summed E-state index contributed by atoms with van der Waals surface area (Å²) in [6.07, 6.45) is -0.549. The third-order valence-corrected chi connectivity index (χ3v) is 2.32. The van der Waals surface area contributed by atoms with Crippen molar-refractivity contribution in [1.82, 2.24) is 0 Å². The number of ether oxygens (including phenoxy) is 2. The minimum atomic E-state index is -0.928. The standard InChI is InChI=1S/C11H12O5/c12-5-8-6-15-9-3-1-2-7(4-10(13)14)11(9)16-8/h1-3,8,12H,4-6H2,(H,13,14). The summed E-state index contributed by atoms with van der Waals surface area (Å²) in [6, 6.07) is 5.12. The van der Waals surface area contributed by atoms with Gasteiger partial charge in [0.2, 0.25) is 0 Å². The molecule has 0 saturated heterocycles. The lowest BCUT2D eigenvalue weighted by Crippen LogP contribution is -2.32. The molecule has 1 heterocycles. The predicted octanol–water partition coefficient (Wildman–Crippen LogP) is 0.446. The Morgan fingerprint density at radius 2 is 2.31 bits per heavy atom. The van der Waals surface area contributed by atoms with Crippen LogP contribution in [0.15, 0.2) is 18.2 Å². The SMILES string of the molecule is O=C(O)Cc1cccc2c1OC(CO)CO2. The summed E-state index contributed by atoms with van der Waals surface area (Å²) in [6.45, 7) is 0.126. The maximum atomic E-state index is 10.7. The monoisotopic (exact) mass is 224 g/mol. The number of carboxylic acids is 1. The van der Waals surface area contributed by atoms with Crippen LogP contribution in [0.3, 0.4) is 0 Å². The number of aliphatic hydroxyl groups excluding tert-OH is 1. The van der Waals surface area contributed by atoms with E-state index in [1.54, 1.807) is 18.2 Å². The molecule has 0 radical (unpaired) electrons. The number of fused-ring (bicyclic) bond motifs is 1. The lowest BCUT2D eigenvalue weighted by atomic mass is 10.1. The summed E-state index contributed by atoms with van der Waals surface area (Å²) in [5, 5.41) is 17.7. The van der Waals surface area contributed by atoms with E-state index in [0.717, 1.165) is 0 Å². The minimum Gasteiger partial charge on any atom is -0.486 e. The second kappa shape index (κ2) is 4.40. The number of hydrogen-bond donors (Lipinski definition) is 2. The Kier molecular flexibility index (Phi) is 2.96. The van der Waals surface area contributed by atoms with Crippen LogP contribution in [0.5, 0.6) is 11.5 Å². The Bertz CT molecular complexity index is 401. The van der Waals surface area contributed by atoms with Crippen LogP contribution in [-0.4, -0.2) is 35.5 Å². The molecule has 1 aromatic rings. The Labute approximate surface area is 92.2 Å². The van der Waals surface area contributed by atoms with Crippen LogP contribution in [0.1, 0.15) is 5.56 Å². The minimum absolute atomic E-state index is 0.120. The summed E-state index contributed by atoms with van der Waals surface area (Å²) in [7, 11) is 0. The number of aliphatic hydroxyl groups is 1. The van der Waals surface area contributed by atoms with Crippen molar-refractivity contribution in [3.63, 3.8) is 0 Å². The van der Waals surface area contributed by atoms with E-state index in [9.17, 15) is 4.79 Å². The maximum absolute atomic E-state index is 10.7. The Morgan fingerprint density at radius 3 is 3.00 bits per heavy atom. The van der Waals surface area contributed by atoms with E-state index in [1.165, 1.54) is 0 Å². The van der Waals surface area contributed by atoms with Crippen LogP contribution in [-0.2, 0) is 11.2 Å². The molecule has 1 aromatic carbocycles. The molecule has 2 rings (SSSR count). The van der Waals surface area contributed by atoms with Crippen LogP contribution < -0.4 is 9.47 Å². The van der Waals surface area contributed by atoms with Crippen LogP contribution in [0.2, 0.25) is 0 Å². The topological polar surface area (TPSA) is 76.0 Å². The molecule has 5 nitrogen and oxygen atoms in total. The highest BCUT2D eigenvalue weighted by molar-refractivity contribution is 5.72. The summed E-state index contributed by atoms with van der Waals surface area (Å²) in [4.78, 5) is 10.7. The van der Waals surface area contributed by atoms with E-state index in [0.29, 0.717) is 17.1 Å². The second-order valence-corrected chi connectivity index (χ2v) is 3.55. The van der Waals surface area contributed by atoms with Gasteiger partial charge in [-0.05, 0) is 6.07 Å². The average Bonchev–Trinajstić information content (AvgIpc) is 2.28. The van der Waals surface area contributed by atoms with E-state index >= 15 is 0 Å². The molecule has 1 aliphatic heterocycles. The van der Waals surface area contributed by atoms with Crippen LogP contribution in [0.25, 0.3) is 0 Å². The van der Waals surface area contributed by atoms with E-state index in [2.05, 4.69) is 0 Å². The quantitative estimate of drug-likeness (QED) is 0.779. The van der Waals surface area contributed by atoms with Gasteiger partial charge in [0, 0.05) is 5.56 Å². The molecule has 0 spiro atoms. The summed E-state index contributed by atoms with van der Waals surface area (Å²) < 4.78 is 10.8. The van der Waals surface area contributed by atoms with Crippen molar-refractivity contribution in [2.24, 2.45) is 0 Å². The fraction of sp³-hybridized carbons (Fsp3) is 0.364. The fourth-order valence-electron chi connectivity index (χ4n) is 1.58. The molecule has 86 valence electrons. The first kappa shape index (κ1) is 10.8. The van der Waals surface area contributed by atoms with E-state index in [1.807, 2.05) is 0 Å². The molecule has 2 N–H and O–H groups in total. The first-order chi connectivity index (χ1) is 7.70. The van der Waals surface area contributed by atoms with Crippen molar-refractivity contribution >= 4 is 5.97 Å². The van der Waals surface area contributed by atoms with Gasteiger partial charge in [0.1, 0.15) is 6.61 Å². The van der Waals surface area contributed by atoms with Crippen molar-refractivity contribution < 1.29 is 24.5 Å². The Balaban J connectivity index is 2.30. The molecular weight excluding hydrogens is 212 g/mol. The fourth-order valence-corrected chi connectivity index (χ4v) is 1.58. The highest BCUT2D eigenvalue weighted by Gasteiger charge is 2.23. The molecule has 16 heavy (non-hydrogen) atoms. The molecular formula is C11H12O5. The molecule has 0 aliphatic carbocycles.